The lowest BCUT2D eigenvalue weighted by molar-refractivity contribution is -0.121. The molecule has 4 N–H and O–H groups in total. The molecule has 0 bridgehead atoms. The van der Waals surface area contributed by atoms with Gasteiger partial charge in [-0.25, -0.2) is 9.18 Å². The van der Waals surface area contributed by atoms with Gasteiger partial charge in [-0.05, 0) is 49.7 Å². The van der Waals surface area contributed by atoms with Crippen LogP contribution in [-0.4, -0.2) is 23.9 Å². The van der Waals surface area contributed by atoms with Gasteiger partial charge in [0.1, 0.15) is 5.82 Å². The summed E-state index contributed by atoms with van der Waals surface area (Å²) in [7, 11) is 0. The Balaban J connectivity index is 1.88. The number of carbonyl (C=O) groups is 3. The molecular formula is C19H21FN4O3. The Kier molecular flexibility index (Phi) is 6.87. The molecule has 0 spiro atoms. The van der Waals surface area contributed by atoms with Gasteiger partial charge in [-0.2, -0.15) is 0 Å². The monoisotopic (exact) mass is 372 g/mol. The normalized spacial score (nSPS) is 10.2. The van der Waals surface area contributed by atoms with Gasteiger partial charge in [0.15, 0.2) is 0 Å². The van der Waals surface area contributed by atoms with Gasteiger partial charge in [-0.1, -0.05) is 18.2 Å². The first-order valence-corrected chi connectivity index (χ1v) is 8.34. The lowest BCUT2D eigenvalue weighted by Crippen LogP contribution is -2.42. The Morgan fingerprint density at radius 3 is 2.37 bits per heavy atom. The number of hydrogen-bond donors (Lipinski definition) is 4. The van der Waals surface area contributed by atoms with Crippen LogP contribution in [0.25, 0.3) is 0 Å². The molecule has 2 aromatic carbocycles. The highest BCUT2D eigenvalue weighted by Gasteiger charge is 2.10. The quantitative estimate of drug-likeness (QED) is 0.606. The summed E-state index contributed by atoms with van der Waals surface area (Å²) in [4.78, 5) is 35.7. The molecule has 0 aliphatic heterocycles. The van der Waals surface area contributed by atoms with Gasteiger partial charge in [0, 0.05) is 17.3 Å². The van der Waals surface area contributed by atoms with Crippen LogP contribution in [0.1, 0.15) is 29.8 Å². The van der Waals surface area contributed by atoms with E-state index in [4.69, 9.17) is 0 Å². The number of halogens is 1. The van der Waals surface area contributed by atoms with Crippen molar-refractivity contribution in [3.63, 3.8) is 0 Å². The van der Waals surface area contributed by atoms with Crippen molar-refractivity contribution in [3.05, 3.63) is 65.5 Å². The zero-order valence-electron chi connectivity index (χ0n) is 15.0. The molecule has 0 saturated heterocycles. The molecule has 0 unspecified atom stereocenters. The van der Waals surface area contributed by atoms with Crippen molar-refractivity contribution in [3.8, 4) is 0 Å². The van der Waals surface area contributed by atoms with Crippen molar-refractivity contribution in [2.75, 3.05) is 5.32 Å². The van der Waals surface area contributed by atoms with Gasteiger partial charge in [0.05, 0.1) is 6.42 Å². The first-order valence-electron chi connectivity index (χ1n) is 8.34. The van der Waals surface area contributed by atoms with Crippen molar-refractivity contribution < 1.29 is 18.8 Å². The predicted octanol–water partition coefficient (Wildman–Crippen LogP) is 2.36. The van der Waals surface area contributed by atoms with E-state index in [0.717, 1.165) is 0 Å². The third-order valence-electron chi connectivity index (χ3n) is 3.40. The van der Waals surface area contributed by atoms with Crippen molar-refractivity contribution in [1.29, 1.82) is 0 Å². The largest absolute Gasteiger partial charge is 0.336 e. The standard InChI is InChI=1S/C19H21FN4O3/c1-12(2)21-19(27)22-16-5-3-4-14(11-16)18(26)24-23-17(25)10-13-6-8-15(20)9-7-13/h3-9,11-12H,10H2,1-2H3,(H,23,25)(H,24,26)(H2,21,22,27). The number of benzene rings is 2. The van der Waals surface area contributed by atoms with E-state index >= 15 is 0 Å². The second kappa shape index (κ2) is 9.33. The molecule has 0 fully saturated rings. The van der Waals surface area contributed by atoms with Gasteiger partial charge < -0.3 is 10.6 Å². The number of nitrogens with one attached hydrogen (secondary N) is 4. The van der Waals surface area contributed by atoms with E-state index in [-0.39, 0.29) is 29.9 Å². The second-order valence-electron chi connectivity index (χ2n) is 6.14. The van der Waals surface area contributed by atoms with Gasteiger partial charge >= 0.3 is 6.03 Å². The topological polar surface area (TPSA) is 99.3 Å². The summed E-state index contributed by atoms with van der Waals surface area (Å²) in [5, 5.41) is 5.30. The maximum absolute atomic E-state index is 12.9. The van der Waals surface area contributed by atoms with E-state index in [9.17, 15) is 18.8 Å². The van der Waals surface area contributed by atoms with E-state index in [2.05, 4.69) is 21.5 Å². The molecule has 7 nitrogen and oxygen atoms in total. The van der Waals surface area contributed by atoms with Crippen LogP contribution in [0.15, 0.2) is 48.5 Å². The van der Waals surface area contributed by atoms with Crippen LogP contribution < -0.4 is 21.5 Å². The fraction of sp³-hybridized carbons (Fsp3) is 0.211. The number of hydrazine groups is 1. The van der Waals surface area contributed by atoms with Gasteiger partial charge in [0.25, 0.3) is 5.91 Å². The van der Waals surface area contributed by atoms with Gasteiger partial charge in [0.2, 0.25) is 5.91 Å². The lowest BCUT2D eigenvalue weighted by atomic mass is 10.1. The molecule has 0 aromatic heterocycles. The van der Waals surface area contributed by atoms with Crippen LogP contribution in [0.4, 0.5) is 14.9 Å². The molecule has 142 valence electrons. The Labute approximate surface area is 156 Å². The molecule has 0 aliphatic carbocycles. The van der Waals surface area contributed by atoms with E-state index in [1.807, 2.05) is 13.8 Å². The Hall–Kier alpha value is -3.42. The van der Waals surface area contributed by atoms with Crippen LogP contribution in [0.3, 0.4) is 0 Å². The number of rotatable bonds is 5. The van der Waals surface area contributed by atoms with E-state index in [1.54, 1.807) is 18.2 Å². The summed E-state index contributed by atoms with van der Waals surface area (Å²) >= 11 is 0. The first-order chi connectivity index (χ1) is 12.8. The van der Waals surface area contributed by atoms with Gasteiger partial charge in [-0.15, -0.1) is 0 Å². The third kappa shape index (κ3) is 6.77. The van der Waals surface area contributed by atoms with Crippen molar-refractivity contribution in [2.45, 2.75) is 26.3 Å². The van der Waals surface area contributed by atoms with Crippen LogP contribution in [0.2, 0.25) is 0 Å². The summed E-state index contributed by atoms with van der Waals surface area (Å²) < 4.78 is 12.9. The molecule has 2 rings (SSSR count). The van der Waals surface area contributed by atoms with E-state index < -0.39 is 11.8 Å². The summed E-state index contributed by atoms with van der Waals surface area (Å²) in [6.07, 6.45) is -0.00245. The number of hydrogen-bond acceptors (Lipinski definition) is 3. The molecule has 8 heteroatoms. The summed E-state index contributed by atoms with van der Waals surface area (Å²) in [5.74, 6) is -1.36. The van der Waals surface area contributed by atoms with Gasteiger partial charge in [-0.3, -0.25) is 20.4 Å². The average Bonchev–Trinajstić information content (AvgIpc) is 2.61. The predicted molar refractivity (Wildman–Crippen MR) is 99.4 cm³/mol. The van der Waals surface area contributed by atoms with Crippen molar-refractivity contribution in [1.82, 2.24) is 16.2 Å². The summed E-state index contributed by atoms with van der Waals surface area (Å²) in [5.41, 5.74) is 5.92. The Bertz CT molecular complexity index is 822. The van der Waals surface area contributed by atoms with Crippen molar-refractivity contribution >= 4 is 23.5 Å². The molecule has 27 heavy (non-hydrogen) atoms. The number of anilines is 1. The highest BCUT2D eigenvalue weighted by Crippen LogP contribution is 2.10. The van der Waals surface area contributed by atoms with Crippen molar-refractivity contribution in [2.24, 2.45) is 0 Å². The molecule has 0 heterocycles. The SMILES string of the molecule is CC(C)NC(=O)Nc1cccc(C(=O)NNC(=O)Cc2ccc(F)cc2)c1. The average molecular weight is 372 g/mol. The highest BCUT2D eigenvalue weighted by atomic mass is 19.1. The fourth-order valence-electron chi connectivity index (χ4n) is 2.20. The number of carbonyl (C=O) groups excluding carboxylic acids is 3. The smallest absolute Gasteiger partial charge is 0.319 e. The molecule has 0 radical (unpaired) electrons. The first kappa shape index (κ1) is 19.9. The van der Waals surface area contributed by atoms with Crippen LogP contribution in [0.5, 0.6) is 0 Å². The molecule has 2 aromatic rings. The minimum Gasteiger partial charge on any atom is -0.336 e. The Morgan fingerprint density at radius 2 is 1.70 bits per heavy atom. The van der Waals surface area contributed by atoms with E-state index in [0.29, 0.717) is 11.3 Å². The highest BCUT2D eigenvalue weighted by molar-refractivity contribution is 5.97. The Morgan fingerprint density at radius 1 is 1.00 bits per heavy atom. The van der Waals surface area contributed by atoms with Crippen LogP contribution >= 0.6 is 0 Å². The zero-order valence-corrected chi connectivity index (χ0v) is 15.0. The second-order valence-corrected chi connectivity index (χ2v) is 6.14. The molecular weight excluding hydrogens is 351 g/mol. The zero-order chi connectivity index (χ0) is 19.8. The number of amides is 4. The van der Waals surface area contributed by atoms with Crippen LogP contribution in [0, 0.1) is 5.82 Å². The minimum atomic E-state index is -0.532. The fourth-order valence-corrected chi connectivity index (χ4v) is 2.20. The maximum Gasteiger partial charge on any atom is 0.319 e. The van der Waals surface area contributed by atoms with Crippen LogP contribution in [-0.2, 0) is 11.2 Å². The molecule has 4 amide bonds. The minimum absolute atomic E-state index is 0.00245. The summed E-state index contributed by atoms with van der Waals surface area (Å²) in [6.45, 7) is 3.66. The maximum atomic E-state index is 12.9. The van der Waals surface area contributed by atoms with E-state index in [1.165, 1.54) is 30.3 Å². The molecule has 0 aliphatic rings. The molecule has 0 saturated carbocycles. The number of urea groups is 1. The molecule has 0 atom stereocenters. The third-order valence-corrected chi connectivity index (χ3v) is 3.40. The lowest BCUT2D eigenvalue weighted by Gasteiger charge is -2.11. The summed E-state index contributed by atoms with van der Waals surface area (Å²) in [6, 6.07) is 11.4.